The van der Waals surface area contributed by atoms with Gasteiger partial charge in [0.1, 0.15) is 11.9 Å². The topological polar surface area (TPSA) is 134 Å². The number of esters is 1. The molecule has 174 valence electrons. The minimum absolute atomic E-state index is 0.0771. The Labute approximate surface area is 191 Å². The summed E-state index contributed by atoms with van der Waals surface area (Å²) in [7, 11) is -3.71. The van der Waals surface area contributed by atoms with Crippen LogP contribution in [0.3, 0.4) is 0 Å². The average Bonchev–Trinajstić information content (AvgIpc) is 3.09. The minimum atomic E-state index is -3.71. The first kappa shape index (κ1) is 22.6. The van der Waals surface area contributed by atoms with Crippen molar-refractivity contribution in [3.8, 4) is 0 Å². The molecule has 2 aliphatic heterocycles. The fourth-order valence-corrected chi connectivity index (χ4v) is 4.88. The van der Waals surface area contributed by atoms with Gasteiger partial charge in [0.05, 0.1) is 4.90 Å². The Bertz CT molecular complexity index is 1180. The summed E-state index contributed by atoms with van der Waals surface area (Å²) in [4.78, 5) is 41.6. The molecular weight excluding hydrogens is 448 g/mol. The maximum absolute atomic E-state index is 12.8. The lowest BCUT2D eigenvalue weighted by Gasteiger charge is -2.35. The van der Waals surface area contributed by atoms with Crippen molar-refractivity contribution in [2.45, 2.75) is 30.9 Å². The van der Waals surface area contributed by atoms with Gasteiger partial charge in [0.2, 0.25) is 5.95 Å². The number of piperazine rings is 1. The van der Waals surface area contributed by atoms with E-state index in [9.17, 15) is 18.0 Å². The highest BCUT2D eigenvalue weighted by Gasteiger charge is 2.32. The number of sulfonamides is 1. The number of carbonyl (C=O) groups is 2. The highest BCUT2D eigenvalue weighted by molar-refractivity contribution is 7.90. The van der Waals surface area contributed by atoms with Gasteiger partial charge in [0.25, 0.3) is 15.9 Å². The van der Waals surface area contributed by atoms with Gasteiger partial charge in [-0.25, -0.2) is 23.2 Å². The molecule has 0 bridgehead atoms. The Hall–Kier alpha value is -3.54. The number of aliphatic imine (C=N–C) groups is 1. The SMILES string of the molecule is CC(OC(=O)[C@H](C)N=C1NS(=O)(=O)c2ccccc21)C(=O)N1CCN(c2ncccn2)CC1. The largest absolute Gasteiger partial charge is 0.451 e. The van der Waals surface area contributed by atoms with Crippen molar-refractivity contribution in [2.75, 3.05) is 31.1 Å². The van der Waals surface area contributed by atoms with Crippen molar-refractivity contribution in [2.24, 2.45) is 4.99 Å². The smallest absolute Gasteiger partial charge is 0.331 e. The molecule has 33 heavy (non-hydrogen) atoms. The van der Waals surface area contributed by atoms with Crippen LogP contribution >= 0.6 is 0 Å². The van der Waals surface area contributed by atoms with Crippen LogP contribution in [-0.2, 0) is 24.3 Å². The van der Waals surface area contributed by atoms with E-state index >= 15 is 0 Å². The zero-order chi connectivity index (χ0) is 23.6. The standard InChI is InChI=1S/C21H24N6O5S/c1-14(24-18-16-6-3-4-7-17(16)33(30,31)25-18)20(29)32-15(2)19(28)26-10-12-27(13-11-26)21-22-8-5-9-23-21/h3-9,14-15H,10-13H2,1-2H3,(H,24,25)/t14-,15?/m0/s1. The number of hydrogen-bond donors (Lipinski definition) is 1. The number of hydrogen-bond acceptors (Lipinski definition) is 9. The molecule has 2 aromatic rings. The van der Waals surface area contributed by atoms with Gasteiger partial charge in [0.15, 0.2) is 6.10 Å². The molecule has 4 rings (SSSR count). The maximum Gasteiger partial charge on any atom is 0.331 e. The predicted octanol–water partition coefficient (Wildman–Crippen LogP) is 0.184. The number of carbonyl (C=O) groups excluding carboxylic acids is 2. The number of nitrogens with one attached hydrogen (secondary N) is 1. The lowest BCUT2D eigenvalue weighted by molar-refractivity contribution is -0.159. The van der Waals surface area contributed by atoms with Crippen molar-refractivity contribution in [1.29, 1.82) is 0 Å². The third kappa shape index (κ3) is 4.80. The Morgan fingerprint density at radius 1 is 1.06 bits per heavy atom. The van der Waals surface area contributed by atoms with Crippen molar-refractivity contribution in [1.82, 2.24) is 19.6 Å². The van der Waals surface area contributed by atoms with E-state index in [1.54, 1.807) is 41.6 Å². The number of amidine groups is 1. The van der Waals surface area contributed by atoms with Gasteiger partial charge in [-0.15, -0.1) is 0 Å². The lowest BCUT2D eigenvalue weighted by atomic mass is 10.2. The molecule has 1 unspecified atom stereocenters. The number of anilines is 1. The van der Waals surface area contributed by atoms with E-state index in [0.29, 0.717) is 37.7 Å². The molecule has 12 heteroatoms. The van der Waals surface area contributed by atoms with Gasteiger partial charge in [-0.3, -0.25) is 14.5 Å². The number of rotatable bonds is 5. The van der Waals surface area contributed by atoms with E-state index in [1.807, 2.05) is 4.90 Å². The van der Waals surface area contributed by atoms with Gasteiger partial charge in [0, 0.05) is 44.1 Å². The number of amides is 1. The quantitative estimate of drug-likeness (QED) is 0.610. The second-order valence-electron chi connectivity index (χ2n) is 7.70. The molecule has 0 saturated carbocycles. The maximum atomic E-state index is 12.8. The highest BCUT2D eigenvalue weighted by Crippen LogP contribution is 2.22. The number of ether oxygens (including phenoxy) is 1. The Morgan fingerprint density at radius 3 is 2.42 bits per heavy atom. The fourth-order valence-electron chi connectivity index (χ4n) is 3.64. The summed E-state index contributed by atoms with van der Waals surface area (Å²) in [5, 5.41) is 0. The third-order valence-corrected chi connectivity index (χ3v) is 6.79. The molecular formula is C21H24N6O5S. The summed E-state index contributed by atoms with van der Waals surface area (Å²) in [5.74, 6) is -0.332. The molecule has 2 aliphatic rings. The van der Waals surface area contributed by atoms with Gasteiger partial charge >= 0.3 is 5.97 Å². The van der Waals surface area contributed by atoms with Crippen LogP contribution in [0.4, 0.5) is 5.95 Å². The van der Waals surface area contributed by atoms with Gasteiger partial charge in [-0.1, -0.05) is 12.1 Å². The van der Waals surface area contributed by atoms with E-state index in [0.717, 1.165) is 0 Å². The Kier molecular flexibility index (Phi) is 6.27. The van der Waals surface area contributed by atoms with E-state index in [-0.39, 0.29) is 16.6 Å². The summed E-state index contributed by atoms with van der Waals surface area (Å²) in [6.45, 7) is 5.05. The number of fused-ring (bicyclic) bond motifs is 1. The first-order chi connectivity index (χ1) is 15.8. The fraction of sp³-hybridized carbons (Fsp3) is 0.381. The third-order valence-electron chi connectivity index (χ3n) is 5.39. The summed E-state index contributed by atoms with van der Waals surface area (Å²) in [5.41, 5.74) is 0.390. The summed E-state index contributed by atoms with van der Waals surface area (Å²) in [6, 6.07) is 7.11. The van der Waals surface area contributed by atoms with Crippen LogP contribution in [0, 0.1) is 0 Å². The van der Waals surface area contributed by atoms with Gasteiger partial charge < -0.3 is 14.5 Å². The van der Waals surface area contributed by atoms with E-state index in [4.69, 9.17) is 4.74 Å². The summed E-state index contributed by atoms with van der Waals surface area (Å²) < 4.78 is 32.1. The molecule has 2 atom stereocenters. The molecule has 1 amide bonds. The van der Waals surface area contributed by atoms with Gasteiger partial charge in [-0.2, -0.15) is 0 Å². The van der Waals surface area contributed by atoms with Gasteiger partial charge in [-0.05, 0) is 32.0 Å². The van der Waals surface area contributed by atoms with Crippen LogP contribution in [0.25, 0.3) is 0 Å². The summed E-state index contributed by atoms with van der Waals surface area (Å²) >= 11 is 0. The molecule has 1 N–H and O–H groups in total. The second-order valence-corrected chi connectivity index (χ2v) is 9.35. The molecule has 1 fully saturated rings. The van der Waals surface area contributed by atoms with Crippen LogP contribution in [0.5, 0.6) is 0 Å². The first-order valence-electron chi connectivity index (χ1n) is 10.5. The molecule has 1 aromatic heterocycles. The Morgan fingerprint density at radius 2 is 1.73 bits per heavy atom. The molecule has 0 spiro atoms. The predicted molar refractivity (Wildman–Crippen MR) is 119 cm³/mol. The van der Waals surface area contributed by atoms with Crippen LogP contribution in [-0.4, -0.2) is 79.3 Å². The van der Waals surface area contributed by atoms with Crippen molar-refractivity contribution >= 4 is 33.7 Å². The molecule has 0 aliphatic carbocycles. The van der Waals surface area contributed by atoms with Crippen molar-refractivity contribution in [3.05, 3.63) is 48.3 Å². The van der Waals surface area contributed by atoms with E-state index < -0.39 is 28.1 Å². The molecule has 0 radical (unpaired) electrons. The second kappa shape index (κ2) is 9.14. The molecule has 1 aromatic carbocycles. The average molecular weight is 473 g/mol. The number of nitrogens with zero attached hydrogens (tertiary/aromatic N) is 5. The Balaban J connectivity index is 1.34. The number of aromatic nitrogens is 2. The van der Waals surface area contributed by atoms with E-state index in [2.05, 4.69) is 19.7 Å². The van der Waals surface area contributed by atoms with Crippen LogP contribution in [0.15, 0.2) is 52.6 Å². The minimum Gasteiger partial charge on any atom is -0.451 e. The molecule has 3 heterocycles. The highest BCUT2D eigenvalue weighted by atomic mass is 32.2. The number of benzene rings is 1. The zero-order valence-electron chi connectivity index (χ0n) is 18.2. The van der Waals surface area contributed by atoms with Crippen LogP contribution < -0.4 is 9.62 Å². The zero-order valence-corrected chi connectivity index (χ0v) is 19.0. The monoisotopic (exact) mass is 472 g/mol. The normalized spacial score (nSPS) is 20.0. The van der Waals surface area contributed by atoms with Crippen molar-refractivity contribution < 1.29 is 22.7 Å². The summed E-state index contributed by atoms with van der Waals surface area (Å²) in [6.07, 6.45) is 2.34. The molecule has 1 saturated heterocycles. The first-order valence-corrected chi connectivity index (χ1v) is 12.0. The van der Waals surface area contributed by atoms with Crippen molar-refractivity contribution in [3.63, 3.8) is 0 Å². The molecule has 11 nitrogen and oxygen atoms in total. The lowest BCUT2D eigenvalue weighted by Crippen LogP contribution is -2.52. The van der Waals surface area contributed by atoms with Crippen LogP contribution in [0.2, 0.25) is 0 Å². The van der Waals surface area contributed by atoms with Crippen LogP contribution in [0.1, 0.15) is 19.4 Å². The van der Waals surface area contributed by atoms with E-state index in [1.165, 1.54) is 19.9 Å².